The van der Waals surface area contributed by atoms with Crippen LogP contribution >= 0.6 is 0 Å². The normalized spacial score (nSPS) is 10.2. The van der Waals surface area contributed by atoms with Crippen molar-refractivity contribution in [2.24, 2.45) is 0 Å². The van der Waals surface area contributed by atoms with Gasteiger partial charge in [-0.25, -0.2) is 8.78 Å². The first-order chi connectivity index (χ1) is 9.04. The second kappa shape index (κ2) is 5.43. The number of carbonyl (C=O) groups excluding carboxylic acids is 1. The first-order valence-electron chi connectivity index (χ1n) is 5.46. The summed E-state index contributed by atoms with van der Waals surface area (Å²) in [6.07, 6.45) is 0.951. The Labute approximate surface area is 107 Å². The summed E-state index contributed by atoms with van der Waals surface area (Å²) in [6.45, 7) is -0.312. The van der Waals surface area contributed by atoms with E-state index in [1.54, 1.807) is 0 Å². The van der Waals surface area contributed by atoms with Gasteiger partial charge in [-0.1, -0.05) is 0 Å². The summed E-state index contributed by atoms with van der Waals surface area (Å²) in [5, 5.41) is 2.48. The Hall–Kier alpha value is -2.50. The van der Waals surface area contributed by atoms with Crippen molar-refractivity contribution in [3.05, 3.63) is 64.6 Å². The number of hydrogen-bond donors (Lipinski definition) is 1. The Morgan fingerprint density at radius 2 is 1.68 bits per heavy atom. The molecule has 2 aromatic rings. The molecule has 1 heterocycles. The molecule has 0 saturated heterocycles. The molecule has 1 N–H and O–H groups in total. The highest BCUT2D eigenvalue weighted by molar-refractivity contribution is 5.90. The van der Waals surface area contributed by atoms with E-state index in [1.165, 1.54) is 24.3 Å². The lowest BCUT2D eigenvalue weighted by Crippen LogP contribution is -2.27. The van der Waals surface area contributed by atoms with E-state index in [-0.39, 0.29) is 6.54 Å². The third-order valence-corrected chi connectivity index (χ3v) is 2.39. The molecule has 0 spiro atoms. The molecule has 0 bridgehead atoms. The number of nitrogens with one attached hydrogen (secondary N) is 1. The Balaban J connectivity index is 2.07. The molecular formula is C13H10F2N2O2. The number of pyridine rings is 1. The van der Waals surface area contributed by atoms with Gasteiger partial charge in [0, 0.05) is 18.0 Å². The molecule has 2 rings (SSSR count). The fourth-order valence-electron chi connectivity index (χ4n) is 1.51. The fraction of sp³-hybridized carbons (Fsp3) is 0.0769. The number of nitrogens with zero attached hydrogens (tertiary/aromatic N) is 1. The third-order valence-electron chi connectivity index (χ3n) is 2.39. The van der Waals surface area contributed by atoms with Crippen LogP contribution in [0.2, 0.25) is 0 Å². The molecule has 0 unspecified atom stereocenters. The molecule has 19 heavy (non-hydrogen) atoms. The molecule has 0 radical (unpaired) electrons. The molecule has 0 aliphatic carbocycles. The largest absolute Gasteiger partial charge is 0.325 e. The number of benzene rings is 1. The summed E-state index contributed by atoms with van der Waals surface area (Å²) in [5.41, 5.74) is -0.0773. The monoisotopic (exact) mass is 264 g/mol. The quantitative estimate of drug-likeness (QED) is 0.918. The minimum Gasteiger partial charge on any atom is -0.325 e. The van der Waals surface area contributed by atoms with Gasteiger partial charge in [0.15, 0.2) is 0 Å². The van der Waals surface area contributed by atoms with Crippen molar-refractivity contribution in [2.75, 3.05) is 5.32 Å². The fourth-order valence-corrected chi connectivity index (χ4v) is 1.51. The van der Waals surface area contributed by atoms with E-state index in [0.717, 1.165) is 22.9 Å². The molecule has 0 aliphatic heterocycles. The van der Waals surface area contributed by atoms with Crippen LogP contribution in [0.15, 0.2) is 47.4 Å². The van der Waals surface area contributed by atoms with E-state index in [2.05, 4.69) is 5.32 Å². The highest BCUT2D eigenvalue weighted by Gasteiger charge is 2.06. The third kappa shape index (κ3) is 3.48. The van der Waals surface area contributed by atoms with Crippen LogP contribution in [-0.4, -0.2) is 10.5 Å². The predicted octanol–water partition coefficient (Wildman–Crippen LogP) is 1.77. The van der Waals surface area contributed by atoms with Gasteiger partial charge < -0.3 is 9.88 Å². The van der Waals surface area contributed by atoms with Crippen LogP contribution in [0.4, 0.5) is 14.5 Å². The molecule has 98 valence electrons. The topological polar surface area (TPSA) is 51.1 Å². The number of hydrogen-bond acceptors (Lipinski definition) is 2. The maximum atomic E-state index is 12.9. The average molecular weight is 264 g/mol. The predicted molar refractivity (Wildman–Crippen MR) is 65.7 cm³/mol. The van der Waals surface area contributed by atoms with Crippen molar-refractivity contribution in [2.45, 2.75) is 6.54 Å². The maximum Gasteiger partial charge on any atom is 0.251 e. The van der Waals surface area contributed by atoms with Crippen molar-refractivity contribution in [1.29, 1.82) is 0 Å². The highest BCUT2D eigenvalue weighted by atomic mass is 19.1. The molecule has 4 nitrogen and oxygen atoms in total. The number of rotatable bonds is 3. The van der Waals surface area contributed by atoms with Gasteiger partial charge >= 0.3 is 0 Å². The number of carbonyl (C=O) groups is 1. The van der Waals surface area contributed by atoms with Crippen LogP contribution in [0.1, 0.15) is 0 Å². The Kier molecular flexibility index (Phi) is 3.70. The minimum atomic E-state index is -0.603. The van der Waals surface area contributed by atoms with Crippen LogP contribution in [0.25, 0.3) is 0 Å². The SMILES string of the molecule is O=C(Cn1cc(F)ccc1=O)Nc1ccc(F)cc1. The van der Waals surface area contributed by atoms with Crippen molar-refractivity contribution >= 4 is 11.6 Å². The van der Waals surface area contributed by atoms with Crippen LogP contribution in [-0.2, 0) is 11.3 Å². The zero-order valence-electron chi connectivity index (χ0n) is 9.77. The van der Waals surface area contributed by atoms with Gasteiger partial charge in [-0.2, -0.15) is 0 Å². The Morgan fingerprint density at radius 3 is 2.37 bits per heavy atom. The van der Waals surface area contributed by atoms with E-state index >= 15 is 0 Å². The van der Waals surface area contributed by atoms with Gasteiger partial charge in [-0.05, 0) is 30.3 Å². The smallest absolute Gasteiger partial charge is 0.251 e. The molecule has 1 aromatic heterocycles. The van der Waals surface area contributed by atoms with Crippen LogP contribution < -0.4 is 10.9 Å². The highest BCUT2D eigenvalue weighted by Crippen LogP contribution is 2.08. The van der Waals surface area contributed by atoms with Crippen molar-refractivity contribution in [3.8, 4) is 0 Å². The van der Waals surface area contributed by atoms with E-state index in [1.807, 2.05) is 0 Å². The summed E-state index contributed by atoms with van der Waals surface area (Å²) in [7, 11) is 0. The van der Waals surface area contributed by atoms with Gasteiger partial charge in [0.2, 0.25) is 5.91 Å². The molecule has 1 amide bonds. The zero-order valence-corrected chi connectivity index (χ0v) is 9.77. The number of halogens is 2. The Bertz CT molecular complexity index is 650. The lowest BCUT2D eigenvalue weighted by molar-refractivity contribution is -0.116. The standard InChI is InChI=1S/C13H10F2N2O2/c14-9-1-4-11(5-2-9)16-12(18)8-17-7-10(15)3-6-13(17)19/h1-7H,8H2,(H,16,18). The van der Waals surface area contributed by atoms with Crippen LogP contribution in [0.3, 0.4) is 0 Å². The summed E-state index contributed by atoms with van der Waals surface area (Å²) >= 11 is 0. The van der Waals surface area contributed by atoms with Gasteiger partial charge in [0.25, 0.3) is 5.56 Å². The molecule has 0 saturated carbocycles. The maximum absolute atomic E-state index is 12.9. The summed E-state index contributed by atoms with van der Waals surface area (Å²) < 4.78 is 26.6. The first kappa shape index (κ1) is 12.9. The zero-order chi connectivity index (χ0) is 13.8. The summed E-state index contributed by atoms with van der Waals surface area (Å²) in [4.78, 5) is 23.0. The van der Waals surface area contributed by atoms with Crippen LogP contribution in [0.5, 0.6) is 0 Å². The molecule has 1 aromatic carbocycles. The van der Waals surface area contributed by atoms with Crippen molar-refractivity contribution in [1.82, 2.24) is 4.57 Å². The first-order valence-corrected chi connectivity index (χ1v) is 5.46. The van der Waals surface area contributed by atoms with E-state index in [0.29, 0.717) is 5.69 Å². The van der Waals surface area contributed by atoms with E-state index in [9.17, 15) is 18.4 Å². The van der Waals surface area contributed by atoms with Gasteiger partial charge in [0.05, 0.1) is 0 Å². The second-order valence-corrected chi connectivity index (χ2v) is 3.87. The van der Waals surface area contributed by atoms with Gasteiger partial charge in [-0.3, -0.25) is 9.59 Å². The molecule has 0 fully saturated rings. The lowest BCUT2D eigenvalue weighted by atomic mass is 10.3. The van der Waals surface area contributed by atoms with E-state index < -0.39 is 23.1 Å². The van der Waals surface area contributed by atoms with Crippen molar-refractivity contribution in [3.63, 3.8) is 0 Å². The van der Waals surface area contributed by atoms with Crippen LogP contribution in [0, 0.1) is 11.6 Å². The number of amides is 1. The number of anilines is 1. The molecule has 0 atom stereocenters. The van der Waals surface area contributed by atoms with Crippen molar-refractivity contribution < 1.29 is 13.6 Å². The summed E-state index contributed by atoms with van der Waals surface area (Å²) in [5.74, 6) is -1.52. The lowest BCUT2D eigenvalue weighted by Gasteiger charge is -2.07. The average Bonchev–Trinajstić information content (AvgIpc) is 2.37. The summed E-state index contributed by atoms with van der Waals surface area (Å²) in [6, 6.07) is 7.24. The number of aromatic nitrogens is 1. The minimum absolute atomic E-state index is 0.312. The molecule has 0 aliphatic rings. The van der Waals surface area contributed by atoms with E-state index in [4.69, 9.17) is 0 Å². The molecular weight excluding hydrogens is 254 g/mol. The molecule has 6 heteroatoms. The van der Waals surface area contributed by atoms with Gasteiger partial charge in [0.1, 0.15) is 18.2 Å². The second-order valence-electron chi connectivity index (χ2n) is 3.87. The Morgan fingerprint density at radius 1 is 1.05 bits per heavy atom. The van der Waals surface area contributed by atoms with Gasteiger partial charge in [-0.15, -0.1) is 0 Å².